The minimum absolute atomic E-state index is 0.262. The molecular weight excluding hydrogens is 412 g/mol. The van der Waals surface area contributed by atoms with Crippen molar-refractivity contribution >= 4 is 23.0 Å². The van der Waals surface area contributed by atoms with Gasteiger partial charge in [0.1, 0.15) is 17.4 Å². The number of aryl methyl sites for hydroxylation is 1. The molecule has 0 aromatic heterocycles. The molecule has 2 aliphatic rings. The number of nitrogens with zero attached hydrogens (tertiary/aromatic N) is 1. The number of amides is 2. The Labute approximate surface area is 184 Å². The first kappa shape index (κ1) is 20.1. The van der Waals surface area contributed by atoms with Gasteiger partial charge in [-0.05, 0) is 84.1 Å². The quantitative estimate of drug-likeness (QED) is 0.596. The molecule has 0 saturated heterocycles. The van der Waals surface area contributed by atoms with Crippen LogP contribution in [0.15, 0.2) is 66.7 Å². The highest BCUT2D eigenvalue weighted by Crippen LogP contribution is 2.32. The molecule has 0 radical (unpaired) electrons. The van der Waals surface area contributed by atoms with Crippen molar-refractivity contribution in [2.75, 3.05) is 18.5 Å². The van der Waals surface area contributed by atoms with Crippen LogP contribution < -0.4 is 15.5 Å². The number of carbonyl (C=O) groups excluding carboxylic acids is 1. The molecule has 2 heterocycles. The van der Waals surface area contributed by atoms with Gasteiger partial charge in [-0.25, -0.2) is 18.6 Å². The number of carbonyl (C=O) groups is 1. The van der Waals surface area contributed by atoms with Gasteiger partial charge in [0.25, 0.3) is 0 Å². The second-order valence-corrected chi connectivity index (χ2v) is 7.77. The van der Waals surface area contributed by atoms with E-state index in [1.165, 1.54) is 29.3 Å². The Bertz CT molecular complexity index is 1130. The van der Waals surface area contributed by atoms with Crippen molar-refractivity contribution in [2.24, 2.45) is 0 Å². The third-order valence-corrected chi connectivity index (χ3v) is 5.60. The van der Waals surface area contributed by atoms with E-state index in [1.54, 1.807) is 24.3 Å². The lowest BCUT2D eigenvalue weighted by Crippen LogP contribution is -2.40. The van der Waals surface area contributed by atoms with E-state index < -0.39 is 0 Å². The molecule has 0 bridgehead atoms. The third kappa shape index (κ3) is 4.01. The van der Waals surface area contributed by atoms with Crippen LogP contribution in [0.2, 0.25) is 0 Å². The van der Waals surface area contributed by atoms with Crippen molar-refractivity contribution in [2.45, 2.75) is 12.8 Å². The molecule has 0 unspecified atom stereocenters. The molecule has 5 rings (SSSR count). The third-order valence-electron chi connectivity index (χ3n) is 5.60. The number of anilines is 1. The van der Waals surface area contributed by atoms with Gasteiger partial charge >= 0.3 is 6.03 Å². The second kappa shape index (κ2) is 8.34. The smallest absolute Gasteiger partial charge is 0.340 e. The Kier molecular flexibility index (Phi) is 5.23. The molecule has 2 aliphatic heterocycles. The molecule has 2 amide bonds. The minimum atomic E-state index is -0.346. The maximum Gasteiger partial charge on any atom is 0.340 e. The maximum absolute atomic E-state index is 13.4. The molecule has 0 spiro atoms. The number of rotatable bonds is 3. The molecule has 7 heteroatoms. The minimum Gasteiger partial charge on any atom is -0.493 e. The van der Waals surface area contributed by atoms with E-state index in [1.807, 2.05) is 18.2 Å². The standard InChI is InChI=1S/C25H21F2N3O2/c26-19-7-3-16(4-8-19)22-15-30(29-24(22)17-5-9-20(27)10-6-17)25(31)28-21-11-12-23-18(14-21)2-1-13-32-23/h3-12,14,29H,1-2,13,15H2,(H,28,31). The summed E-state index contributed by atoms with van der Waals surface area (Å²) in [5.41, 5.74) is 7.87. The molecule has 0 saturated carbocycles. The second-order valence-electron chi connectivity index (χ2n) is 7.77. The van der Waals surface area contributed by atoms with Crippen LogP contribution in [0, 0.1) is 11.6 Å². The Balaban J connectivity index is 1.40. The van der Waals surface area contributed by atoms with Gasteiger partial charge in [-0.15, -0.1) is 0 Å². The first-order chi connectivity index (χ1) is 15.6. The van der Waals surface area contributed by atoms with Crippen LogP contribution in [0.1, 0.15) is 23.1 Å². The molecule has 162 valence electrons. The summed E-state index contributed by atoms with van der Waals surface area (Å²) in [5, 5.41) is 4.37. The zero-order valence-electron chi connectivity index (χ0n) is 17.2. The van der Waals surface area contributed by atoms with Crippen molar-refractivity contribution in [3.63, 3.8) is 0 Å². The summed E-state index contributed by atoms with van der Waals surface area (Å²) in [6.45, 7) is 0.971. The van der Waals surface area contributed by atoms with E-state index >= 15 is 0 Å². The summed E-state index contributed by atoms with van der Waals surface area (Å²) in [4.78, 5) is 13.0. The Morgan fingerprint density at radius 2 is 1.62 bits per heavy atom. The van der Waals surface area contributed by atoms with Crippen molar-refractivity contribution < 1.29 is 18.3 Å². The van der Waals surface area contributed by atoms with Gasteiger partial charge in [-0.1, -0.05) is 12.1 Å². The number of fused-ring (bicyclic) bond motifs is 1. The number of hydrazine groups is 1. The molecule has 5 nitrogen and oxygen atoms in total. The zero-order chi connectivity index (χ0) is 22.1. The van der Waals surface area contributed by atoms with E-state index in [2.05, 4.69) is 10.7 Å². The number of ether oxygens (including phenoxy) is 1. The van der Waals surface area contributed by atoms with Crippen LogP contribution in [0.5, 0.6) is 5.75 Å². The lowest BCUT2D eigenvalue weighted by molar-refractivity contribution is 0.210. The number of urea groups is 1. The number of benzene rings is 3. The fourth-order valence-corrected chi connectivity index (χ4v) is 3.97. The van der Waals surface area contributed by atoms with Crippen LogP contribution in [-0.2, 0) is 6.42 Å². The predicted octanol–water partition coefficient (Wildman–Crippen LogP) is 5.21. The average Bonchev–Trinajstić information content (AvgIpc) is 3.26. The van der Waals surface area contributed by atoms with Crippen molar-refractivity contribution in [3.8, 4) is 5.75 Å². The zero-order valence-corrected chi connectivity index (χ0v) is 17.2. The van der Waals surface area contributed by atoms with E-state index in [0.717, 1.165) is 40.9 Å². The average molecular weight is 433 g/mol. The largest absolute Gasteiger partial charge is 0.493 e. The fourth-order valence-electron chi connectivity index (χ4n) is 3.97. The predicted molar refractivity (Wildman–Crippen MR) is 119 cm³/mol. The van der Waals surface area contributed by atoms with E-state index in [-0.39, 0.29) is 24.2 Å². The van der Waals surface area contributed by atoms with Gasteiger partial charge in [0, 0.05) is 11.3 Å². The molecule has 3 aromatic carbocycles. The van der Waals surface area contributed by atoms with Gasteiger partial charge < -0.3 is 10.1 Å². The fraction of sp³-hybridized carbons (Fsp3) is 0.160. The molecule has 2 N–H and O–H groups in total. The number of hydrogen-bond donors (Lipinski definition) is 2. The SMILES string of the molecule is O=C(Nc1ccc2c(c1)CCCO2)N1CC(c2ccc(F)cc2)=C(c2ccc(F)cc2)N1. The highest BCUT2D eigenvalue weighted by Gasteiger charge is 2.28. The van der Waals surface area contributed by atoms with Crippen LogP contribution in [0.3, 0.4) is 0 Å². The van der Waals surface area contributed by atoms with Crippen LogP contribution in [0.25, 0.3) is 11.3 Å². The Hall–Kier alpha value is -3.87. The summed E-state index contributed by atoms with van der Waals surface area (Å²) in [6, 6.07) is 17.4. The number of halogens is 2. The molecule has 0 fully saturated rings. The van der Waals surface area contributed by atoms with Crippen LogP contribution in [-0.4, -0.2) is 24.2 Å². The molecule has 32 heavy (non-hydrogen) atoms. The van der Waals surface area contributed by atoms with Gasteiger partial charge in [0.15, 0.2) is 0 Å². The molecular formula is C25H21F2N3O2. The van der Waals surface area contributed by atoms with Crippen LogP contribution in [0.4, 0.5) is 19.3 Å². The van der Waals surface area contributed by atoms with Crippen molar-refractivity contribution in [1.82, 2.24) is 10.4 Å². The summed E-state index contributed by atoms with van der Waals surface area (Å²) in [6.07, 6.45) is 1.86. The van der Waals surface area contributed by atoms with E-state index in [4.69, 9.17) is 4.74 Å². The van der Waals surface area contributed by atoms with E-state index in [0.29, 0.717) is 18.0 Å². The van der Waals surface area contributed by atoms with E-state index in [9.17, 15) is 13.6 Å². The van der Waals surface area contributed by atoms with Crippen molar-refractivity contribution in [3.05, 3.63) is 95.1 Å². The lowest BCUT2D eigenvalue weighted by atomic mass is 10.0. The normalized spacial score (nSPS) is 15.1. The summed E-state index contributed by atoms with van der Waals surface area (Å²) >= 11 is 0. The Morgan fingerprint density at radius 1 is 0.938 bits per heavy atom. The van der Waals surface area contributed by atoms with Gasteiger partial charge in [0.05, 0.1) is 18.8 Å². The van der Waals surface area contributed by atoms with Gasteiger partial charge in [-0.3, -0.25) is 5.43 Å². The first-order valence-electron chi connectivity index (χ1n) is 10.4. The maximum atomic E-state index is 13.4. The lowest BCUT2D eigenvalue weighted by Gasteiger charge is -2.21. The van der Waals surface area contributed by atoms with Gasteiger partial charge in [-0.2, -0.15) is 0 Å². The highest BCUT2D eigenvalue weighted by atomic mass is 19.1. The summed E-state index contributed by atoms with van der Waals surface area (Å²) < 4.78 is 32.5. The molecule has 3 aromatic rings. The topological polar surface area (TPSA) is 53.6 Å². The Morgan fingerprint density at radius 3 is 2.34 bits per heavy atom. The molecule has 0 aliphatic carbocycles. The highest BCUT2D eigenvalue weighted by molar-refractivity contribution is 5.98. The number of hydrogen-bond acceptors (Lipinski definition) is 3. The first-order valence-corrected chi connectivity index (χ1v) is 10.4. The molecule has 0 atom stereocenters. The monoisotopic (exact) mass is 433 g/mol. The summed E-state index contributed by atoms with van der Waals surface area (Å²) in [7, 11) is 0. The van der Waals surface area contributed by atoms with Crippen LogP contribution >= 0.6 is 0 Å². The van der Waals surface area contributed by atoms with Gasteiger partial charge in [0.2, 0.25) is 0 Å². The van der Waals surface area contributed by atoms with Crippen molar-refractivity contribution in [1.29, 1.82) is 0 Å². The number of nitrogens with one attached hydrogen (secondary N) is 2. The summed E-state index contributed by atoms with van der Waals surface area (Å²) in [5.74, 6) is 0.170.